The van der Waals surface area contributed by atoms with Crippen LogP contribution in [-0.2, 0) is 13.5 Å². The number of hydrogen-bond donors (Lipinski definition) is 1. The molecule has 3 rings (SSSR count). The van der Waals surface area contributed by atoms with E-state index in [1.807, 2.05) is 0 Å². The number of aryl methyl sites for hydroxylation is 1. The number of aromatic nitrogens is 3. The molecule has 1 amide bonds. The molecule has 2 aromatic heterocycles. The summed E-state index contributed by atoms with van der Waals surface area (Å²) in [5.74, 6) is -3.80. The molecule has 2 heterocycles. The Balaban J connectivity index is 1.76. The summed E-state index contributed by atoms with van der Waals surface area (Å²) in [6.07, 6.45) is 1.45. The molecule has 0 saturated heterocycles. The topological polar surface area (TPSA) is 76.9 Å². The summed E-state index contributed by atoms with van der Waals surface area (Å²) in [5, 5.41) is 6.03. The highest BCUT2D eigenvalue weighted by molar-refractivity contribution is 6.02. The first kappa shape index (κ1) is 18.3. The van der Waals surface area contributed by atoms with E-state index < -0.39 is 28.9 Å². The zero-order valence-electron chi connectivity index (χ0n) is 14.0. The van der Waals surface area contributed by atoms with Crippen molar-refractivity contribution in [1.82, 2.24) is 14.8 Å². The van der Waals surface area contributed by atoms with Crippen LogP contribution in [0.4, 0.5) is 19.0 Å². The maximum Gasteiger partial charge on any atom is 0.277 e. The minimum atomic E-state index is -0.991. The number of nitrogens with zero attached hydrogens (tertiary/aromatic N) is 3. The molecule has 0 aliphatic carbocycles. The Kier molecular flexibility index (Phi) is 5.02. The van der Waals surface area contributed by atoms with E-state index in [2.05, 4.69) is 15.4 Å². The van der Waals surface area contributed by atoms with Crippen LogP contribution in [0, 0.1) is 17.5 Å². The van der Waals surface area contributed by atoms with E-state index in [-0.39, 0.29) is 17.9 Å². The normalized spacial score (nSPS) is 10.7. The molecule has 0 aliphatic heterocycles. The van der Waals surface area contributed by atoms with Gasteiger partial charge in [-0.3, -0.25) is 9.59 Å². The summed E-state index contributed by atoms with van der Waals surface area (Å²) in [5.41, 5.74) is 0.389. The predicted octanol–water partition coefficient (Wildman–Crippen LogP) is 2.44. The molecular weight excluding hydrogens is 361 g/mol. The summed E-state index contributed by atoms with van der Waals surface area (Å²) < 4.78 is 41.4. The van der Waals surface area contributed by atoms with Gasteiger partial charge >= 0.3 is 0 Å². The van der Waals surface area contributed by atoms with Crippen LogP contribution >= 0.6 is 0 Å². The second-order valence-corrected chi connectivity index (χ2v) is 5.73. The van der Waals surface area contributed by atoms with Crippen molar-refractivity contribution < 1.29 is 18.0 Å². The fourth-order valence-electron chi connectivity index (χ4n) is 2.35. The molecule has 9 heteroatoms. The first-order chi connectivity index (χ1) is 12.8. The van der Waals surface area contributed by atoms with Crippen LogP contribution in [-0.4, -0.2) is 20.7 Å². The van der Waals surface area contributed by atoms with Gasteiger partial charge in [-0.05, 0) is 41.8 Å². The number of hydrogen-bond acceptors (Lipinski definition) is 4. The Morgan fingerprint density at radius 3 is 2.44 bits per heavy atom. The smallest absolute Gasteiger partial charge is 0.277 e. The van der Waals surface area contributed by atoms with Crippen molar-refractivity contribution in [1.29, 1.82) is 0 Å². The average molecular weight is 374 g/mol. The van der Waals surface area contributed by atoms with Crippen molar-refractivity contribution in [2.24, 2.45) is 7.05 Å². The number of amides is 1. The van der Waals surface area contributed by atoms with Crippen LogP contribution < -0.4 is 10.9 Å². The van der Waals surface area contributed by atoms with Crippen molar-refractivity contribution >= 4 is 11.7 Å². The molecule has 27 heavy (non-hydrogen) atoms. The highest BCUT2D eigenvalue weighted by Gasteiger charge is 2.14. The summed E-state index contributed by atoms with van der Waals surface area (Å²) in [4.78, 5) is 27.2. The van der Waals surface area contributed by atoms with Crippen molar-refractivity contribution in [3.8, 4) is 0 Å². The van der Waals surface area contributed by atoms with E-state index in [1.165, 1.54) is 25.4 Å². The summed E-state index contributed by atoms with van der Waals surface area (Å²) in [6.45, 7) is 0. The lowest BCUT2D eigenvalue weighted by atomic mass is 10.1. The van der Waals surface area contributed by atoms with Crippen LogP contribution in [0.5, 0.6) is 0 Å². The third kappa shape index (κ3) is 4.20. The van der Waals surface area contributed by atoms with Gasteiger partial charge in [0.15, 0.2) is 23.3 Å². The zero-order valence-corrected chi connectivity index (χ0v) is 14.0. The summed E-state index contributed by atoms with van der Waals surface area (Å²) in [7, 11) is 1.38. The molecule has 6 nitrogen and oxygen atoms in total. The molecule has 1 N–H and O–H groups in total. The molecule has 0 atom stereocenters. The number of halogens is 3. The monoisotopic (exact) mass is 374 g/mol. The van der Waals surface area contributed by atoms with Gasteiger partial charge in [0.2, 0.25) is 0 Å². The Hall–Kier alpha value is -3.49. The van der Waals surface area contributed by atoms with Crippen molar-refractivity contribution in [3.63, 3.8) is 0 Å². The first-order valence-electron chi connectivity index (χ1n) is 7.77. The van der Waals surface area contributed by atoms with Gasteiger partial charge in [0.1, 0.15) is 5.69 Å². The van der Waals surface area contributed by atoms with Gasteiger partial charge in [-0.15, -0.1) is 0 Å². The molecule has 1 aromatic carbocycles. The van der Waals surface area contributed by atoms with E-state index in [0.717, 1.165) is 28.9 Å². The Bertz CT molecular complexity index is 1080. The minimum Gasteiger partial charge on any atom is -0.303 e. The number of anilines is 1. The fraction of sp³-hybridized carbons (Fsp3) is 0.111. The first-order valence-corrected chi connectivity index (χ1v) is 7.77. The van der Waals surface area contributed by atoms with Gasteiger partial charge in [-0.25, -0.2) is 22.8 Å². The third-order valence-electron chi connectivity index (χ3n) is 3.72. The van der Waals surface area contributed by atoms with E-state index >= 15 is 0 Å². The number of pyridine rings is 1. The van der Waals surface area contributed by atoms with Crippen molar-refractivity contribution in [3.05, 3.63) is 87.2 Å². The molecule has 0 unspecified atom stereocenters. The third-order valence-corrected chi connectivity index (χ3v) is 3.72. The molecular formula is C18H13F3N4O2. The Morgan fingerprint density at radius 1 is 1.04 bits per heavy atom. The van der Waals surface area contributed by atoms with Gasteiger partial charge in [-0.1, -0.05) is 6.07 Å². The second kappa shape index (κ2) is 7.40. The maximum atomic E-state index is 14.2. The van der Waals surface area contributed by atoms with Gasteiger partial charge < -0.3 is 5.32 Å². The lowest BCUT2D eigenvalue weighted by molar-refractivity contribution is 0.101. The highest BCUT2D eigenvalue weighted by atomic mass is 19.2. The van der Waals surface area contributed by atoms with Gasteiger partial charge in [0.05, 0.1) is 0 Å². The van der Waals surface area contributed by atoms with Crippen LogP contribution in [0.3, 0.4) is 0 Å². The maximum absolute atomic E-state index is 14.2. The molecule has 138 valence electrons. The van der Waals surface area contributed by atoms with Crippen LogP contribution in [0.1, 0.15) is 21.6 Å². The average Bonchev–Trinajstić information content (AvgIpc) is 2.63. The number of nitrogens with one attached hydrogen (secondary N) is 1. The zero-order chi connectivity index (χ0) is 19.6. The molecule has 0 bridgehead atoms. The summed E-state index contributed by atoms with van der Waals surface area (Å²) in [6, 6.07) is 6.91. The fourth-order valence-corrected chi connectivity index (χ4v) is 2.35. The van der Waals surface area contributed by atoms with E-state index in [9.17, 15) is 22.8 Å². The number of carbonyl (C=O) groups excluding carboxylic acids is 1. The summed E-state index contributed by atoms with van der Waals surface area (Å²) >= 11 is 0. The standard InChI is InChI=1S/C18H13F3N4O2/c1-25-16(26)5-4-15(24-25)18(27)23-17-14(21)8-11(9-22-17)6-10-2-3-12(19)13(20)7-10/h2-5,7-9H,6H2,1H3,(H,22,23,27). The number of rotatable bonds is 4. The van der Waals surface area contributed by atoms with Crippen molar-refractivity contribution in [2.75, 3.05) is 5.32 Å². The lowest BCUT2D eigenvalue weighted by Gasteiger charge is -2.08. The minimum absolute atomic E-state index is 0.0795. The Morgan fingerprint density at radius 2 is 1.78 bits per heavy atom. The van der Waals surface area contributed by atoms with E-state index in [1.54, 1.807) is 0 Å². The molecule has 0 fully saturated rings. The second-order valence-electron chi connectivity index (χ2n) is 5.73. The molecule has 0 aliphatic rings. The number of benzene rings is 1. The van der Waals surface area contributed by atoms with Crippen LogP contribution in [0.25, 0.3) is 0 Å². The Labute approximate surface area is 151 Å². The predicted molar refractivity (Wildman–Crippen MR) is 90.8 cm³/mol. The van der Waals surface area contributed by atoms with Crippen molar-refractivity contribution in [2.45, 2.75) is 6.42 Å². The molecule has 0 spiro atoms. The van der Waals surface area contributed by atoms with E-state index in [4.69, 9.17) is 0 Å². The number of carbonyl (C=O) groups is 1. The van der Waals surface area contributed by atoms with E-state index in [0.29, 0.717) is 11.1 Å². The van der Waals surface area contributed by atoms with Crippen LogP contribution in [0.2, 0.25) is 0 Å². The highest BCUT2D eigenvalue weighted by Crippen LogP contribution is 2.17. The van der Waals surface area contributed by atoms with Gasteiger partial charge in [0.25, 0.3) is 11.5 Å². The largest absolute Gasteiger partial charge is 0.303 e. The quantitative estimate of drug-likeness (QED) is 0.761. The van der Waals surface area contributed by atoms with Gasteiger partial charge in [-0.2, -0.15) is 5.10 Å². The molecule has 3 aromatic rings. The van der Waals surface area contributed by atoms with Crippen LogP contribution in [0.15, 0.2) is 47.4 Å². The van der Waals surface area contributed by atoms with Gasteiger partial charge in [0, 0.05) is 19.3 Å². The molecule has 0 radical (unpaired) electrons. The SMILES string of the molecule is Cn1nc(C(=O)Nc2ncc(Cc3ccc(F)c(F)c3)cc2F)ccc1=O. The lowest BCUT2D eigenvalue weighted by Crippen LogP contribution is -2.24. The molecule has 0 saturated carbocycles.